The third-order valence-corrected chi connectivity index (χ3v) is 4.88. The van der Waals surface area contributed by atoms with Gasteiger partial charge in [-0.15, -0.1) is 11.3 Å². The maximum atomic E-state index is 12.0. The summed E-state index contributed by atoms with van der Waals surface area (Å²) in [6.07, 6.45) is 2.81. The first-order valence-electron chi connectivity index (χ1n) is 7.53. The Morgan fingerprint density at radius 3 is 2.95 bits per heavy atom. The van der Waals surface area contributed by atoms with Gasteiger partial charge in [-0.3, -0.25) is 9.59 Å². The highest BCUT2D eigenvalue weighted by Gasteiger charge is 2.21. The Kier molecular flexibility index (Phi) is 5.93. The van der Waals surface area contributed by atoms with Gasteiger partial charge in [0, 0.05) is 25.6 Å². The Labute approximate surface area is 135 Å². The normalized spacial score (nSPS) is 19.3. The monoisotopic (exact) mass is 324 g/mol. The maximum absolute atomic E-state index is 12.0. The number of amides is 2. The van der Waals surface area contributed by atoms with Crippen LogP contribution < -0.4 is 11.1 Å². The summed E-state index contributed by atoms with van der Waals surface area (Å²) in [4.78, 5) is 27.9. The highest BCUT2D eigenvalue weighted by atomic mass is 32.1. The minimum Gasteiger partial charge on any atom is -0.366 e. The van der Waals surface area contributed by atoms with Crippen molar-refractivity contribution in [2.75, 3.05) is 39.0 Å². The summed E-state index contributed by atoms with van der Waals surface area (Å²) in [7, 11) is 4.20. The highest BCUT2D eigenvalue weighted by Crippen LogP contribution is 2.23. The molecule has 1 atom stereocenters. The molecule has 0 spiro atoms. The fourth-order valence-electron chi connectivity index (χ4n) is 2.70. The van der Waals surface area contributed by atoms with Crippen LogP contribution in [0.2, 0.25) is 0 Å². The molecular weight excluding hydrogens is 300 g/mol. The summed E-state index contributed by atoms with van der Waals surface area (Å²) in [5.41, 5.74) is 5.65. The minimum atomic E-state index is -0.513. The smallest absolute Gasteiger partial charge is 0.251 e. The van der Waals surface area contributed by atoms with Crippen molar-refractivity contribution in [2.45, 2.75) is 25.3 Å². The van der Waals surface area contributed by atoms with E-state index in [9.17, 15) is 9.59 Å². The van der Waals surface area contributed by atoms with E-state index >= 15 is 0 Å². The van der Waals surface area contributed by atoms with Gasteiger partial charge in [-0.2, -0.15) is 0 Å². The number of carbonyl (C=O) groups is 2. The van der Waals surface area contributed by atoms with Crippen molar-refractivity contribution in [3.8, 4) is 0 Å². The van der Waals surface area contributed by atoms with Crippen LogP contribution in [0.4, 0.5) is 5.00 Å². The lowest BCUT2D eigenvalue weighted by Gasteiger charge is -2.36. The second kappa shape index (κ2) is 7.71. The molecule has 22 heavy (non-hydrogen) atoms. The van der Waals surface area contributed by atoms with Crippen LogP contribution in [0.3, 0.4) is 0 Å². The summed E-state index contributed by atoms with van der Waals surface area (Å²) in [5, 5.41) is 5.08. The van der Waals surface area contributed by atoms with Gasteiger partial charge in [0.25, 0.3) is 5.91 Å². The van der Waals surface area contributed by atoms with Gasteiger partial charge in [0.1, 0.15) is 5.00 Å². The van der Waals surface area contributed by atoms with Gasteiger partial charge in [0.05, 0.1) is 5.56 Å². The molecule has 0 aliphatic carbocycles. The van der Waals surface area contributed by atoms with Gasteiger partial charge < -0.3 is 20.9 Å². The Hall–Kier alpha value is -1.44. The maximum Gasteiger partial charge on any atom is 0.251 e. The number of primary amides is 1. The number of carbonyl (C=O) groups excluding carboxylic acids is 2. The van der Waals surface area contributed by atoms with Gasteiger partial charge >= 0.3 is 0 Å². The van der Waals surface area contributed by atoms with E-state index in [2.05, 4.69) is 29.2 Å². The van der Waals surface area contributed by atoms with E-state index < -0.39 is 5.91 Å². The summed E-state index contributed by atoms with van der Waals surface area (Å²) in [6, 6.07) is 2.20. The Morgan fingerprint density at radius 1 is 1.50 bits per heavy atom. The number of nitrogens with zero attached hydrogens (tertiary/aromatic N) is 2. The largest absolute Gasteiger partial charge is 0.366 e. The molecule has 0 aromatic carbocycles. The van der Waals surface area contributed by atoms with Gasteiger partial charge in [0.15, 0.2) is 0 Å². The number of hydrogen-bond donors (Lipinski definition) is 2. The first-order valence-corrected chi connectivity index (χ1v) is 8.41. The fraction of sp³-hybridized carbons (Fsp3) is 0.600. The lowest BCUT2D eigenvalue weighted by molar-refractivity contribution is -0.116. The first kappa shape index (κ1) is 16.9. The van der Waals surface area contributed by atoms with Crippen LogP contribution >= 0.6 is 11.3 Å². The van der Waals surface area contributed by atoms with Crippen molar-refractivity contribution in [3.63, 3.8) is 0 Å². The second-order valence-corrected chi connectivity index (χ2v) is 6.80. The third kappa shape index (κ3) is 4.53. The van der Waals surface area contributed by atoms with E-state index in [0.717, 1.165) is 19.6 Å². The van der Waals surface area contributed by atoms with Crippen LogP contribution in [0, 0.1) is 0 Å². The number of thiophene rings is 1. The minimum absolute atomic E-state index is 0.0723. The van der Waals surface area contributed by atoms with Crippen molar-refractivity contribution in [1.29, 1.82) is 0 Å². The zero-order chi connectivity index (χ0) is 16.1. The van der Waals surface area contributed by atoms with Gasteiger partial charge in [-0.1, -0.05) is 0 Å². The van der Waals surface area contributed by atoms with E-state index in [0.29, 0.717) is 23.0 Å². The molecule has 2 amide bonds. The zero-order valence-electron chi connectivity index (χ0n) is 13.2. The summed E-state index contributed by atoms with van der Waals surface area (Å²) in [5.74, 6) is -0.585. The van der Waals surface area contributed by atoms with Crippen LogP contribution in [0.15, 0.2) is 11.4 Å². The van der Waals surface area contributed by atoms with Crippen molar-refractivity contribution in [2.24, 2.45) is 5.73 Å². The molecule has 1 aliphatic rings. The molecule has 7 heteroatoms. The van der Waals surface area contributed by atoms with Gasteiger partial charge in [0.2, 0.25) is 5.91 Å². The molecule has 2 rings (SSSR count). The molecule has 6 nitrogen and oxygen atoms in total. The summed E-state index contributed by atoms with van der Waals surface area (Å²) in [6.45, 7) is 2.79. The van der Waals surface area contributed by atoms with Crippen LogP contribution in [-0.2, 0) is 4.79 Å². The van der Waals surface area contributed by atoms with Crippen molar-refractivity contribution >= 4 is 28.2 Å². The molecule has 1 fully saturated rings. The number of nitrogens with one attached hydrogen (secondary N) is 1. The zero-order valence-corrected chi connectivity index (χ0v) is 14.0. The number of nitrogens with two attached hydrogens (primary N) is 1. The Morgan fingerprint density at radius 2 is 2.27 bits per heavy atom. The molecule has 1 aromatic rings. The Balaban J connectivity index is 1.80. The van der Waals surface area contributed by atoms with E-state index in [1.54, 1.807) is 11.4 Å². The average Bonchev–Trinajstić information content (AvgIpc) is 2.93. The highest BCUT2D eigenvalue weighted by molar-refractivity contribution is 7.14. The number of likely N-dealkylation sites (N-methyl/N-ethyl adjacent to an activating group) is 1. The molecule has 1 unspecified atom stereocenters. The van der Waals surface area contributed by atoms with E-state index in [1.807, 2.05) is 0 Å². The third-order valence-electron chi connectivity index (χ3n) is 4.05. The lowest BCUT2D eigenvalue weighted by Crippen LogP contribution is -2.45. The molecule has 1 aromatic heterocycles. The van der Waals surface area contributed by atoms with E-state index in [4.69, 9.17) is 5.73 Å². The predicted octanol–water partition coefficient (Wildman–Crippen LogP) is 1.20. The van der Waals surface area contributed by atoms with Crippen molar-refractivity contribution in [1.82, 2.24) is 9.80 Å². The molecule has 1 saturated heterocycles. The molecular formula is C15H24N4O2S. The van der Waals surface area contributed by atoms with Gasteiger partial charge in [-0.25, -0.2) is 0 Å². The summed E-state index contributed by atoms with van der Waals surface area (Å²) < 4.78 is 0. The molecule has 0 bridgehead atoms. The molecule has 2 heterocycles. The van der Waals surface area contributed by atoms with Crippen LogP contribution in [0.25, 0.3) is 0 Å². The molecule has 3 N–H and O–H groups in total. The lowest BCUT2D eigenvalue weighted by atomic mass is 10.0. The number of piperidine rings is 1. The SMILES string of the molecule is CN(C)C1CCCN(CCC(=O)Nc2sccc2C(N)=O)C1. The van der Waals surface area contributed by atoms with Crippen LogP contribution in [0.5, 0.6) is 0 Å². The molecule has 0 saturated carbocycles. The first-order chi connectivity index (χ1) is 10.5. The summed E-state index contributed by atoms with van der Waals surface area (Å²) >= 11 is 1.32. The number of likely N-dealkylation sites (tertiary alicyclic amines) is 1. The van der Waals surface area contributed by atoms with E-state index in [1.165, 1.54) is 24.2 Å². The molecule has 1 aliphatic heterocycles. The Bertz CT molecular complexity index is 529. The number of hydrogen-bond acceptors (Lipinski definition) is 5. The van der Waals surface area contributed by atoms with Crippen molar-refractivity contribution in [3.05, 3.63) is 17.0 Å². The number of rotatable bonds is 6. The fourth-order valence-corrected chi connectivity index (χ4v) is 3.51. The number of anilines is 1. The topological polar surface area (TPSA) is 78.7 Å². The standard InChI is InChI=1S/C15H24N4O2S/c1-18(2)11-4-3-7-19(10-11)8-5-13(20)17-15-12(14(16)21)6-9-22-15/h6,9,11H,3-5,7-8,10H2,1-2H3,(H2,16,21)(H,17,20). The van der Waals surface area contributed by atoms with Crippen molar-refractivity contribution < 1.29 is 9.59 Å². The second-order valence-electron chi connectivity index (χ2n) is 5.89. The molecule has 122 valence electrons. The van der Waals surface area contributed by atoms with Crippen LogP contribution in [-0.4, -0.2) is 61.4 Å². The average molecular weight is 324 g/mol. The quantitative estimate of drug-likeness (QED) is 0.824. The molecule has 0 radical (unpaired) electrons. The van der Waals surface area contributed by atoms with Crippen LogP contribution in [0.1, 0.15) is 29.6 Å². The van der Waals surface area contributed by atoms with Gasteiger partial charge in [-0.05, 0) is 44.9 Å². The predicted molar refractivity (Wildman–Crippen MR) is 89.2 cm³/mol. The van der Waals surface area contributed by atoms with E-state index in [-0.39, 0.29) is 5.91 Å².